The van der Waals surface area contributed by atoms with Crippen molar-refractivity contribution in [1.82, 2.24) is 9.80 Å². The number of benzene rings is 1. The highest BCUT2D eigenvalue weighted by atomic mass is 127. The van der Waals surface area contributed by atoms with E-state index in [9.17, 15) is 9.59 Å². The van der Waals surface area contributed by atoms with Gasteiger partial charge in [-0.15, -0.1) is 0 Å². The monoisotopic (exact) mass is 508 g/mol. The summed E-state index contributed by atoms with van der Waals surface area (Å²) in [5.41, 5.74) is 0.815. The first-order valence-corrected chi connectivity index (χ1v) is 11.0. The predicted molar refractivity (Wildman–Crippen MR) is 116 cm³/mol. The minimum Gasteiger partial charge on any atom is -0.341 e. The van der Waals surface area contributed by atoms with Gasteiger partial charge < -0.3 is 9.80 Å². The third-order valence-electron chi connectivity index (χ3n) is 4.32. The van der Waals surface area contributed by atoms with Gasteiger partial charge in [0, 0.05) is 38.7 Å². The molecular weight excluding hydrogens is 486 g/mol. The molecule has 1 aliphatic heterocycles. The zero-order valence-corrected chi connectivity index (χ0v) is 18.3. The van der Waals surface area contributed by atoms with Gasteiger partial charge >= 0.3 is 0 Å². The molecule has 1 aliphatic rings. The van der Waals surface area contributed by atoms with Crippen molar-refractivity contribution in [1.29, 1.82) is 0 Å². The van der Waals surface area contributed by atoms with Crippen LogP contribution in [0.4, 0.5) is 0 Å². The van der Waals surface area contributed by atoms with E-state index >= 15 is 0 Å². The average Bonchev–Trinajstić information content (AvgIpc) is 2.81. The summed E-state index contributed by atoms with van der Waals surface area (Å²) in [6.07, 6.45) is 6.99. The minimum absolute atomic E-state index is 0.0874. The average molecular weight is 509 g/mol. The van der Waals surface area contributed by atoms with Crippen LogP contribution >= 0.6 is 45.8 Å². The fourth-order valence-corrected chi connectivity index (χ4v) is 3.63. The van der Waals surface area contributed by atoms with Crippen molar-refractivity contribution in [2.75, 3.05) is 30.6 Å². The van der Waals surface area contributed by atoms with Gasteiger partial charge in [0.25, 0.3) is 0 Å². The van der Waals surface area contributed by atoms with E-state index in [4.69, 9.17) is 23.2 Å². The summed E-state index contributed by atoms with van der Waals surface area (Å²) < 4.78 is 1.15. The number of carbonyl (C=O) groups excluding carboxylic acids is 2. The Labute approximate surface area is 178 Å². The number of hydrogen-bond acceptors (Lipinski definition) is 2. The van der Waals surface area contributed by atoms with Crippen LogP contribution in [0.25, 0.3) is 6.08 Å². The van der Waals surface area contributed by atoms with E-state index in [0.717, 1.165) is 29.4 Å². The first-order valence-electron chi connectivity index (χ1n) is 8.77. The lowest BCUT2D eigenvalue weighted by Crippen LogP contribution is -2.35. The summed E-state index contributed by atoms with van der Waals surface area (Å²) >= 11 is 14.3. The highest BCUT2D eigenvalue weighted by Gasteiger charge is 2.22. The maximum absolute atomic E-state index is 12.4. The number of amides is 2. The quantitative estimate of drug-likeness (QED) is 0.232. The Hall–Kier alpha value is -0.790. The molecule has 1 saturated heterocycles. The molecule has 0 spiro atoms. The van der Waals surface area contributed by atoms with Crippen LogP contribution in [0.15, 0.2) is 24.3 Å². The highest BCUT2D eigenvalue weighted by Crippen LogP contribution is 2.23. The van der Waals surface area contributed by atoms with E-state index in [-0.39, 0.29) is 11.8 Å². The summed E-state index contributed by atoms with van der Waals surface area (Å²) in [5.74, 6) is 0.0545. The maximum Gasteiger partial charge on any atom is 0.246 e. The van der Waals surface area contributed by atoms with Gasteiger partial charge in [-0.2, -0.15) is 0 Å². The predicted octanol–water partition coefficient (Wildman–Crippen LogP) is 4.67. The lowest BCUT2D eigenvalue weighted by atomic mass is 10.2. The summed E-state index contributed by atoms with van der Waals surface area (Å²) in [6.45, 7) is 2.43. The summed E-state index contributed by atoms with van der Waals surface area (Å²) in [5, 5.41) is 0.944. The Balaban J connectivity index is 1.88. The number of unbranched alkanes of at least 4 members (excludes halogenated alkanes) is 2. The van der Waals surface area contributed by atoms with Crippen molar-refractivity contribution in [3.63, 3.8) is 0 Å². The maximum atomic E-state index is 12.4. The number of nitrogens with zero attached hydrogens (tertiary/aromatic N) is 2. The first-order chi connectivity index (χ1) is 12.5. The first kappa shape index (κ1) is 21.5. The number of hydrogen-bond donors (Lipinski definition) is 0. The molecule has 1 fully saturated rings. The lowest BCUT2D eigenvalue weighted by Gasteiger charge is -2.21. The largest absolute Gasteiger partial charge is 0.341 e. The van der Waals surface area contributed by atoms with Crippen molar-refractivity contribution in [3.8, 4) is 0 Å². The van der Waals surface area contributed by atoms with Crippen LogP contribution in [0, 0.1) is 0 Å². The summed E-state index contributed by atoms with van der Waals surface area (Å²) in [7, 11) is 0. The van der Waals surface area contributed by atoms with Crippen molar-refractivity contribution in [3.05, 3.63) is 39.9 Å². The number of halogens is 3. The van der Waals surface area contributed by atoms with E-state index in [0.29, 0.717) is 36.1 Å². The molecule has 1 heterocycles. The zero-order valence-electron chi connectivity index (χ0n) is 14.6. The van der Waals surface area contributed by atoms with E-state index in [1.165, 1.54) is 12.5 Å². The second-order valence-corrected chi connectivity index (χ2v) is 8.11. The smallest absolute Gasteiger partial charge is 0.246 e. The fourth-order valence-electron chi connectivity index (χ4n) is 2.79. The van der Waals surface area contributed by atoms with Crippen LogP contribution in [0.1, 0.15) is 31.2 Å². The standard InChI is InChI=1S/C19H23Cl2IN2O2/c20-16-6-4-15(14-17(16)21)5-7-18(25)24-11-8-19(26)23(12-13-24)10-3-1-2-9-22/h4-7,14H,1-3,8-13H2/b7-5+. The molecule has 1 aromatic carbocycles. The van der Waals surface area contributed by atoms with Gasteiger partial charge in [0.2, 0.25) is 11.8 Å². The van der Waals surface area contributed by atoms with E-state index in [1.54, 1.807) is 29.2 Å². The SMILES string of the molecule is O=C(/C=C/c1ccc(Cl)c(Cl)c1)N1CCC(=O)N(CCCCCI)CC1. The van der Waals surface area contributed by atoms with E-state index in [2.05, 4.69) is 22.6 Å². The number of carbonyl (C=O) groups is 2. The van der Waals surface area contributed by atoms with Gasteiger partial charge in [0.1, 0.15) is 0 Å². The van der Waals surface area contributed by atoms with Crippen molar-refractivity contribution in [2.24, 2.45) is 0 Å². The van der Waals surface area contributed by atoms with E-state index in [1.807, 2.05) is 4.90 Å². The second-order valence-electron chi connectivity index (χ2n) is 6.21. The normalized spacial score (nSPS) is 15.6. The van der Waals surface area contributed by atoms with Crippen LogP contribution in [-0.2, 0) is 9.59 Å². The molecule has 0 N–H and O–H groups in total. The third kappa shape index (κ3) is 6.74. The van der Waals surface area contributed by atoms with Crippen LogP contribution < -0.4 is 0 Å². The third-order valence-corrected chi connectivity index (χ3v) is 5.83. The molecule has 4 nitrogen and oxygen atoms in total. The van der Waals surface area contributed by atoms with Gasteiger partial charge in [-0.1, -0.05) is 58.3 Å². The van der Waals surface area contributed by atoms with Crippen LogP contribution in [0.5, 0.6) is 0 Å². The molecular formula is C19H23Cl2IN2O2. The molecule has 2 rings (SSSR count). The Kier molecular flexibility index (Phi) is 9.22. The number of rotatable bonds is 7. The van der Waals surface area contributed by atoms with Crippen LogP contribution in [-0.4, -0.2) is 52.2 Å². The van der Waals surface area contributed by atoms with Gasteiger partial charge in [-0.3, -0.25) is 9.59 Å². The zero-order chi connectivity index (χ0) is 18.9. The van der Waals surface area contributed by atoms with Gasteiger partial charge in [0.05, 0.1) is 10.0 Å². The molecule has 0 aromatic heterocycles. The molecule has 0 aliphatic carbocycles. The van der Waals surface area contributed by atoms with Gasteiger partial charge in [0.15, 0.2) is 0 Å². The Morgan fingerprint density at radius 3 is 2.65 bits per heavy atom. The Bertz CT molecular complexity index is 667. The van der Waals surface area contributed by atoms with Gasteiger partial charge in [-0.05, 0) is 41.0 Å². The fraction of sp³-hybridized carbons (Fsp3) is 0.474. The van der Waals surface area contributed by atoms with Crippen LogP contribution in [0.2, 0.25) is 10.0 Å². The minimum atomic E-state index is -0.0874. The molecule has 0 bridgehead atoms. The Morgan fingerprint density at radius 2 is 1.92 bits per heavy atom. The highest BCUT2D eigenvalue weighted by molar-refractivity contribution is 14.1. The molecule has 26 heavy (non-hydrogen) atoms. The molecule has 0 radical (unpaired) electrons. The lowest BCUT2D eigenvalue weighted by molar-refractivity contribution is -0.130. The van der Waals surface area contributed by atoms with Crippen LogP contribution in [0.3, 0.4) is 0 Å². The molecule has 142 valence electrons. The molecule has 0 unspecified atom stereocenters. The van der Waals surface area contributed by atoms with Crippen molar-refractivity contribution < 1.29 is 9.59 Å². The summed E-state index contributed by atoms with van der Waals surface area (Å²) in [6, 6.07) is 5.23. The Morgan fingerprint density at radius 1 is 1.12 bits per heavy atom. The molecule has 0 atom stereocenters. The van der Waals surface area contributed by atoms with Crippen molar-refractivity contribution >= 4 is 63.7 Å². The summed E-state index contributed by atoms with van der Waals surface area (Å²) in [4.78, 5) is 28.3. The topological polar surface area (TPSA) is 40.6 Å². The second kappa shape index (κ2) is 11.1. The number of alkyl halides is 1. The molecule has 1 aromatic rings. The van der Waals surface area contributed by atoms with Crippen molar-refractivity contribution in [2.45, 2.75) is 25.7 Å². The molecule has 7 heteroatoms. The van der Waals surface area contributed by atoms with E-state index < -0.39 is 0 Å². The van der Waals surface area contributed by atoms with Gasteiger partial charge in [-0.25, -0.2) is 0 Å². The molecule has 0 saturated carbocycles. The molecule has 2 amide bonds.